The summed E-state index contributed by atoms with van der Waals surface area (Å²) < 4.78 is 32.6. The normalized spacial score (nSPS) is 11.7. The average molecular weight is 479 g/mol. The van der Waals surface area contributed by atoms with Crippen molar-refractivity contribution in [1.29, 1.82) is 0 Å². The van der Waals surface area contributed by atoms with E-state index in [9.17, 15) is 22.8 Å². The molecule has 33 heavy (non-hydrogen) atoms. The summed E-state index contributed by atoms with van der Waals surface area (Å²) in [5, 5.41) is 5.11. The first-order valence-electron chi connectivity index (χ1n) is 10.3. The van der Waals surface area contributed by atoms with Gasteiger partial charge in [-0.2, -0.15) is 0 Å². The molecule has 10 nitrogen and oxygen atoms in total. The van der Waals surface area contributed by atoms with Gasteiger partial charge in [-0.3, -0.25) is 9.59 Å². The molecule has 0 aliphatic heterocycles. The molecule has 4 N–H and O–H groups in total. The van der Waals surface area contributed by atoms with E-state index < -0.39 is 27.6 Å². The number of sulfonamides is 1. The predicted octanol–water partition coefficient (Wildman–Crippen LogP) is 2.89. The van der Waals surface area contributed by atoms with Crippen LogP contribution in [0.15, 0.2) is 29.2 Å². The summed E-state index contributed by atoms with van der Waals surface area (Å²) in [5.41, 5.74) is 1.43. The molecule has 2 aromatic rings. The lowest BCUT2D eigenvalue weighted by atomic mass is 10.1. The number of amides is 2. The quantitative estimate of drug-likeness (QED) is 0.339. The maximum absolute atomic E-state index is 12.7. The molecule has 1 aromatic heterocycles. The van der Waals surface area contributed by atoms with Crippen molar-refractivity contribution in [2.75, 3.05) is 18.4 Å². The fourth-order valence-corrected chi connectivity index (χ4v) is 4.26. The van der Waals surface area contributed by atoms with Gasteiger partial charge in [0.1, 0.15) is 11.3 Å². The molecule has 0 spiro atoms. The molecule has 11 heteroatoms. The van der Waals surface area contributed by atoms with Gasteiger partial charge in [0.25, 0.3) is 5.91 Å². The second-order valence-electron chi connectivity index (χ2n) is 8.49. The first kappa shape index (κ1) is 26.1. The van der Waals surface area contributed by atoms with E-state index in [0.717, 1.165) is 0 Å². The van der Waals surface area contributed by atoms with Crippen LogP contribution in [0.25, 0.3) is 0 Å². The van der Waals surface area contributed by atoms with Crippen LogP contribution in [-0.4, -0.2) is 49.9 Å². The predicted molar refractivity (Wildman–Crippen MR) is 124 cm³/mol. The number of aryl methyl sites for hydroxylation is 1. The summed E-state index contributed by atoms with van der Waals surface area (Å²) in [5.74, 6) is -0.646. The van der Waals surface area contributed by atoms with Crippen LogP contribution in [0.1, 0.15) is 59.8 Å². The Labute approximate surface area is 193 Å². The molecular formula is C22H30N4O6S. The highest BCUT2D eigenvalue weighted by atomic mass is 32.2. The van der Waals surface area contributed by atoms with Crippen LogP contribution in [0.4, 0.5) is 10.5 Å². The van der Waals surface area contributed by atoms with Gasteiger partial charge in [0, 0.05) is 30.0 Å². The molecule has 0 atom stereocenters. The minimum absolute atomic E-state index is 0.0362. The maximum Gasteiger partial charge on any atom is 0.407 e. The van der Waals surface area contributed by atoms with Crippen molar-refractivity contribution in [2.24, 2.45) is 0 Å². The zero-order chi connectivity index (χ0) is 25.0. The van der Waals surface area contributed by atoms with Crippen LogP contribution >= 0.6 is 0 Å². The molecule has 2 amide bonds. The van der Waals surface area contributed by atoms with Crippen molar-refractivity contribution in [1.82, 2.24) is 15.0 Å². The van der Waals surface area contributed by atoms with Crippen LogP contribution < -0.4 is 15.4 Å². The number of nitrogens with one attached hydrogen (secondary N) is 4. The zero-order valence-electron chi connectivity index (χ0n) is 19.6. The second kappa shape index (κ2) is 10.2. The van der Waals surface area contributed by atoms with Crippen molar-refractivity contribution >= 4 is 33.5 Å². The summed E-state index contributed by atoms with van der Waals surface area (Å²) in [6.45, 7) is 9.96. The van der Waals surface area contributed by atoms with E-state index in [1.807, 2.05) is 0 Å². The Morgan fingerprint density at radius 1 is 1.09 bits per heavy atom. The molecule has 0 bridgehead atoms. The van der Waals surface area contributed by atoms with Gasteiger partial charge in [-0.25, -0.2) is 17.9 Å². The molecule has 1 aromatic carbocycles. The highest BCUT2D eigenvalue weighted by Gasteiger charge is 2.21. The van der Waals surface area contributed by atoms with Gasteiger partial charge < -0.3 is 20.4 Å². The molecule has 0 saturated heterocycles. The Balaban J connectivity index is 2.03. The topological polar surface area (TPSA) is 146 Å². The number of rotatable bonds is 8. The Morgan fingerprint density at radius 3 is 2.33 bits per heavy atom. The van der Waals surface area contributed by atoms with Gasteiger partial charge in [-0.05, 0) is 65.3 Å². The number of hydrogen-bond donors (Lipinski definition) is 4. The number of alkyl carbamates (subject to hydrolysis) is 1. The number of hydrogen-bond acceptors (Lipinski definition) is 6. The van der Waals surface area contributed by atoms with E-state index in [0.29, 0.717) is 16.8 Å². The molecular weight excluding hydrogens is 448 g/mol. The van der Waals surface area contributed by atoms with Gasteiger partial charge in [-0.1, -0.05) is 6.07 Å². The van der Waals surface area contributed by atoms with Crippen molar-refractivity contribution in [3.63, 3.8) is 0 Å². The van der Waals surface area contributed by atoms with Crippen LogP contribution in [-0.2, 0) is 14.8 Å². The first-order valence-corrected chi connectivity index (χ1v) is 11.8. The number of benzene rings is 1. The summed E-state index contributed by atoms with van der Waals surface area (Å²) in [7, 11) is -3.88. The molecule has 180 valence electrons. The minimum atomic E-state index is -3.88. The zero-order valence-corrected chi connectivity index (χ0v) is 20.4. The number of anilines is 1. The van der Waals surface area contributed by atoms with Gasteiger partial charge in [0.15, 0.2) is 5.78 Å². The fraction of sp³-hybridized carbons (Fsp3) is 0.409. The Kier molecular flexibility index (Phi) is 8.04. The third-order valence-corrected chi connectivity index (χ3v) is 5.96. The first-order chi connectivity index (χ1) is 15.2. The van der Waals surface area contributed by atoms with E-state index in [4.69, 9.17) is 4.74 Å². The number of aromatic amines is 1. The van der Waals surface area contributed by atoms with Gasteiger partial charge >= 0.3 is 6.09 Å². The molecule has 1 heterocycles. The molecule has 0 saturated carbocycles. The second-order valence-corrected chi connectivity index (χ2v) is 10.3. The van der Waals surface area contributed by atoms with E-state index in [1.54, 1.807) is 40.7 Å². The number of H-pyrrole nitrogens is 1. The number of Topliss-reactive ketones (excluding diaryl/α,β-unsaturated/α-hetero) is 1. The molecule has 0 aliphatic rings. The standard InChI is InChI=1S/C22H30N4O6S/c1-13-18(15(3)27)14(2)25-19(13)20(28)26-16-8-7-9-17(12-16)33(30,31)24-11-10-23-21(29)32-22(4,5)6/h7-9,12,24-25H,10-11H2,1-6H3,(H,23,29)(H,26,28). The van der Waals surface area contributed by atoms with Gasteiger partial charge in [0.05, 0.1) is 4.90 Å². The molecule has 0 fully saturated rings. The van der Waals surface area contributed by atoms with Crippen LogP contribution in [0, 0.1) is 13.8 Å². The number of carbonyl (C=O) groups excluding carboxylic acids is 3. The third kappa shape index (κ3) is 7.16. The summed E-state index contributed by atoms with van der Waals surface area (Å²) in [4.78, 5) is 39.0. The summed E-state index contributed by atoms with van der Waals surface area (Å²) >= 11 is 0. The highest BCUT2D eigenvalue weighted by molar-refractivity contribution is 7.89. The van der Waals surface area contributed by atoms with Gasteiger partial charge in [-0.15, -0.1) is 0 Å². The number of ether oxygens (including phenoxy) is 1. The Morgan fingerprint density at radius 2 is 1.76 bits per heavy atom. The average Bonchev–Trinajstić information content (AvgIpc) is 2.98. The SMILES string of the molecule is CC(=O)c1c(C)[nH]c(C(=O)Nc2cccc(S(=O)(=O)NCCNC(=O)OC(C)(C)C)c2)c1C. The monoisotopic (exact) mass is 478 g/mol. The smallest absolute Gasteiger partial charge is 0.407 e. The lowest BCUT2D eigenvalue weighted by Gasteiger charge is -2.19. The fourth-order valence-electron chi connectivity index (χ4n) is 3.19. The molecule has 0 radical (unpaired) electrons. The number of aromatic nitrogens is 1. The largest absolute Gasteiger partial charge is 0.444 e. The van der Waals surface area contributed by atoms with Crippen molar-refractivity contribution in [2.45, 2.75) is 52.0 Å². The van der Waals surface area contributed by atoms with Crippen LogP contribution in [0.5, 0.6) is 0 Å². The van der Waals surface area contributed by atoms with Crippen LogP contribution in [0.2, 0.25) is 0 Å². The van der Waals surface area contributed by atoms with Crippen molar-refractivity contribution in [3.8, 4) is 0 Å². The van der Waals surface area contributed by atoms with E-state index in [-0.39, 0.29) is 35.1 Å². The summed E-state index contributed by atoms with van der Waals surface area (Å²) in [6, 6.07) is 5.75. The lowest BCUT2D eigenvalue weighted by Crippen LogP contribution is -2.37. The van der Waals surface area contributed by atoms with Crippen LogP contribution in [0.3, 0.4) is 0 Å². The van der Waals surface area contributed by atoms with Crippen molar-refractivity contribution < 1.29 is 27.5 Å². The van der Waals surface area contributed by atoms with E-state index in [1.165, 1.54) is 25.1 Å². The molecule has 0 aliphatic carbocycles. The lowest BCUT2D eigenvalue weighted by molar-refractivity contribution is 0.0528. The molecule has 0 unspecified atom stereocenters. The van der Waals surface area contributed by atoms with Gasteiger partial charge in [0.2, 0.25) is 10.0 Å². The van der Waals surface area contributed by atoms with E-state index >= 15 is 0 Å². The Hall–Kier alpha value is -3.18. The number of ketones is 1. The van der Waals surface area contributed by atoms with E-state index in [2.05, 4.69) is 20.3 Å². The number of carbonyl (C=O) groups is 3. The highest BCUT2D eigenvalue weighted by Crippen LogP contribution is 2.21. The molecule has 2 rings (SSSR count). The Bertz CT molecular complexity index is 1160. The third-order valence-electron chi connectivity index (χ3n) is 4.50. The summed E-state index contributed by atoms with van der Waals surface area (Å²) in [6.07, 6.45) is -0.644. The van der Waals surface area contributed by atoms with Crippen molar-refractivity contribution in [3.05, 3.63) is 46.8 Å². The maximum atomic E-state index is 12.7. The minimum Gasteiger partial charge on any atom is -0.444 e.